The van der Waals surface area contributed by atoms with Gasteiger partial charge in [-0.15, -0.1) is 0 Å². The average Bonchev–Trinajstić information content (AvgIpc) is 4.13. The molecule has 3 fully saturated rings. The van der Waals surface area contributed by atoms with E-state index in [0.717, 1.165) is 23.3 Å². The highest BCUT2D eigenvalue weighted by atomic mass is 32.2. The molecule has 0 radical (unpaired) electrons. The lowest BCUT2D eigenvalue weighted by atomic mass is 10.0. The molecule has 2 atom stereocenters. The molecule has 3 aromatic carbocycles. The number of para-hydroxylation sites is 1. The number of imide groups is 2. The van der Waals surface area contributed by atoms with E-state index in [1.807, 2.05) is 34.1 Å². The maximum Gasteiger partial charge on any atom is 0.262 e. The number of nitrogens with one attached hydrogen (secondary N) is 6. The van der Waals surface area contributed by atoms with Crippen molar-refractivity contribution in [3.05, 3.63) is 89.4 Å². The predicted octanol–water partition coefficient (Wildman–Crippen LogP) is 3.51. The lowest BCUT2D eigenvalue weighted by Gasteiger charge is -2.34. The summed E-state index contributed by atoms with van der Waals surface area (Å²) in [6.07, 6.45) is 5.87. The van der Waals surface area contributed by atoms with Gasteiger partial charge in [0.1, 0.15) is 23.3 Å². The number of carbonyl (C=O) groups excluding carboxylic acids is 5. The Bertz CT molecular complexity index is 2960. The van der Waals surface area contributed by atoms with Crippen molar-refractivity contribution in [2.75, 3.05) is 76.8 Å². The van der Waals surface area contributed by atoms with Gasteiger partial charge in [-0.25, -0.2) is 12.8 Å². The Balaban J connectivity index is 0.684. The fourth-order valence-electron chi connectivity index (χ4n) is 9.84. The number of piperidine rings is 2. The zero-order valence-electron chi connectivity index (χ0n) is 36.6. The molecule has 3 saturated heterocycles. The summed E-state index contributed by atoms with van der Waals surface area (Å²) >= 11 is 0. The standard InChI is InChI=1S/C46H49FN12O7S/c1-67(65,66)58-22-13-26-3-2-4-35(39(26)58)52-41-32-11-16-49-40(32)54-46(55-41)51-29-5-8-36(34(47)23-29)56-20-14-28(15-21-56)48-17-18-50-42(61)27-12-19-57(25-27)30-6-7-31-33(24-30)45(64)59(44(31)63)37-9-10-38(60)53-43(37)62/h2-8,11,16,23-24,27-28,37,48H,9-10,12-15,17-22,25H2,1H3,(H,50,61)(H,53,60,62)(H3,49,51,52,54,55)/t27-,37?/m0/s1. The number of benzene rings is 3. The smallest absolute Gasteiger partial charge is 0.262 e. The number of hydrogen-bond acceptors (Lipinski definition) is 14. The van der Waals surface area contributed by atoms with E-state index < -0.39 is 39.7 Å². The molecule has 5 amide bonds. The van der Waals surface area contributed by atoms with Crippen LogP contribution in [0.5, 0.6) is 0 Å². The SMILES string of the molecule is CS(=O)(=O)N1CCc2cccc(Nc3nc(Nc4ccc(N5CCC(NCCNC(=O)[C@H]6CCN(c7ccc8c(c7)C(=O)N(C7CCC(=O)NC7=O)C8=O)C6)CC5)c(F)c4)nc4[nH]ccc34)c21. The zero-order valence-corrected chi connectivity index (χ0v) is 37.4. The lowest BCUT2D eigenvalue weighted by Crippen LogP contribution is -2.54. The van der Waals surface area contributed by atoms with Crippen molar-refractivity contribution in [2.45, 2.75) is 50.6 Å². The summed E-state index contributed by atoms with van der Waals surface area (Å²) in [5.41, 5.74) is 4.74. The fourth-order valence-corrected chi connectivity index (χ4v) is 10.8. The summed E-state index contributed by atoms with van der Waals surface area (Å²) in [4.78, 5) is 81.1. The first kappa shape index (κ1) is 43.7. The molecular weight excluding hydrogens is 884 g/mol. The van der Waals surface area contributed by atoms with Crippen LogP contribution in [0.25, 0.3) is 11.0 Å². The minimum Gasteiger partial charge on any atom is -0.371 e. The van der Waals surface area contributed by atoms with Crippen LogP contribution >= 0.6 is 0 Å². The first-order chi connectivity index (χ1) is 32.3. The quantitative estimate of drug-likeness (QED) is 0.0733. The Kier molecular flexibility index (Phi) is 11.5. The van der Waals surface area contributed by atoms with E-state index in [9.17, 15) is 32.4 Å². The summed E-state index contributed by atoms with van der Waals surface area (Å²) in [5, 5.41) is 15.9. The minimum atomic E-state index is -3.49. The molecule has 0 spiro atoms. The average molecular weight is 933 g/mol. The maximum absolute atomic E-state index is 15.7. The Morgan fingerprint density at radius 1 is 0.851 bits per heavy atom. The van der Waals surface area contributed by atoms with Gasteiger partial charge < -0.3 is 36.1 Å². The van der Waals surface area contributed by atoms with Gasteiger partial charge in [-0.1, -0.05) is 12.1 Å². The van der Waals surface area contributed by atoms with Gasteiger partial charge in [-0.2, -0.15) is 9.97 Å². The van der Waals surface area contributed by atoms with Gasteiger partial charge >= 0.3 is 0 Å². The van der Waals surface area contributed by atoms with Crippen LogP contribution in [0.2, 0.25) is 0 Å². The molecule has 2 aromatic heterocycles. The molecule has 348 valence electrons. The first-order valence-corrected chi connectivity index (χ1v) is 24.3. The van der Waals surface area contributed by atoms with Crippen LogP contribution in [0, 0.1) is 11.7 Å². The van der Waals surface area contributed by atoms with Crippen LogP contribution < -0.4 is 40.7 Å². The van der Waals surface area contributed by atoms with Crippen LogP contribution in [0.15, 0.2) is 66.9 Å². The lowest BCUT2D eigenvalue weighted by molar-refractivity contribution is -0.136. The number of sulfonamides is 1. The van der Waals surface area contributed by atoms with Gasteiger partial charge in [0.15, 0.2) is 0 Å². The number of rotatable bonds is 13. The summed E-state index contributed by atoms with van der Waals surface area (Å²) in [7, 11) is -3.49. The molecule has 19 nitrogen and oxygen atoms in total. The second kappa shape index (κ2) is 17.6. The molecule has 7 heterocycles. The summed E-state index contributed by atoms with van der Waals surface area (Å²) in [6.45, 7) is 3.71. The third kappa shape index (κ3) is 8.59. The van der Waals surface area contributed by atoms with Gasteiger partial charge in [-0.05, 0) is 86.2 Å². The van der Waals surface area contributed by atoms with E-state index in [4.69, 9.17) is 4.98 Å². The van der Waals surface area contributed by atoms with Gasteiger partial charge in [0.05, 0.1) is 45.7 Å². The molecule has 0 bridgehead atoms. The van der Waals surface area contributed by atoms with Crippen LogP contribution in [0.4, 0.5) is 44.6 Å². The second-order valence-electron chi connectivity index (χ2n) is 17.6. The van der Waals surface area contributed by atoms with Crippen molar-refractivity contribution in [3.8, 4) is 0 Å². The molecule has 0 aliphatic carbocycles. The highest BCUT2D eigenvalue weighted by Crippen LogP contribution is 2.40. The number of halogens is 1. The minimum absolute atomic E-state index is 0.0468. The normalized spacial score (nSPS) is 19.9. The molecule has 0 saturated carbocycles. The molecular formula is C46H49FN12O7S. The van der Waals surface area contributed by atoms with Crippen molar-refractivity contribution < 1.29 is 36.8 Å². The Labute approximate surface area is 384 Å². The van der Waals surface area contributed by atoms with Crippen LogP contribution in [-0.2, 0) is 30.8 Å². The largest absolute Gasteiger partial charge is 0.371 e. The Morgan fingerprint density at radius 3 is 2.45 bits per heavy atom. The predicted molar refractivity (Wildman–Crippen MR) is 249 cm³/mol. The Hall–Kier alpha value is -7.13. The number of hydrogen-bond donors (Lipinski definition) is 6. The molecule has 10 rings (SSSR count). The van der Waals surface area contributed by atoms with E-state index in [2.05, 4.69) is 36.6 Å². The fraction of sp³-hybridized carbons (Fsp3) is 0.370. The second-order valence-corrected chi connectivity index (χ2v) is 19.5. The highest BCUT2D eigenvalue weighted by Gasteiger charge is 2.45. The summed E-state index contributed by atoms with van der Waals surface area (Å²) in [6, 6.07) is 16.5. The van der Waals surface area contributed by atoms with Crippen LogP contribution in [-0.4, -0.2) is 122 Å². The third-order valence-corrected chi connectivity index (χ3v) is 14.4. The summed E-state index contributed by atoms with van der Waals surface area (Å²) in [5.74, 6) is -2.24. The number of carbonyl (C=O) groups is 5. The monoisotopic (exact) mass is 932 g/mol. The number of amides is 5. The van der Waals surface area contributed by atoms with Crippen molar-refractivity contribution >= 4 is 90.8 Å². The molecule has 5 aliphatic rings. The number of fused-ring (bicyclic) bond motifs is 3. The van der Waals surface area contributed by atoms with Crippen molar-refractivity contribution in [3.63, 3.8) is 0 Å². The zero-order chi connectivity index (χ0) is 46.6. The van der Waals surface area contributed by atoms with Gasteiger partial charge in [0.25, 0.3) is 11.8 Å². The summed E-state index contributed by atoms with van der Waals surface area (Å²) < 4.78 is 42.3. The molecule has 5 aromatic rings. The molecule has 5 aliphatic heterocycles. The number of aromatic nitrogens is 3. The number of anilines is 7. The van der Waals surface area contributed by atoms with Gasteiger partial charge in [-0.3, -0.25) is 38.5 Å². The topological polar surface area (TPSA) is 234 Å². The van der Waals surface area contributed by atoms with Crippen molar-refractivity contribution in [1.82, 2.24) is 35.8 Å². The third-order valence-electron chi connectivity index (χ3n) is 13.3. The van der Waals surface area contributed by atoms with Crippen molar-refractivity contribution in [2.24, 2.45) is 5.92 Å². The highest BCUT2D eigenvalue weighted by molar-refractivity contribution is 7.92. The van der Waals surface area contributed by atoms with Gasteiger partial charge in [0.2, 0.25) is 33.7 Å². The number of nitrogens with zero attached hydrogens (tertiary/aromatic N) is 6. The van der Waals surface area contributed by atoms with E-state index in [-0.39, 0.29) is 53.6 Å². The Morgan fingerprint density at radius 2 is 1.66 bits per heavy atom. The van der Waals surface area contributed by atoms with Crippen LogP contribution in [0.3, 0.4) is 0 Å². The molecule has 6 N–H and O–H groups in total. The van der Waals surface area contributed by atoms with E-state index in [1.165, 1.54) is 16.6 Å². The maximum atomic E-state index is 15.7. The number of aromatic amines is 1. The van der Waals surface area contributed by atoms with Crippen LogP contribution in [0.1, 0.15) is 58.4 Å². The van der Waals surface area contributed by atoms with E-state index in [0.29, 0.717) is 104 Å². The molecule has 21 heteroatoms. The van der Waals surface area contributed by atoms with Crippen molar-refractivity contribution in [1.29, 1.82) is 0 Å². The van der Waals surface area contributed by atoms with E-state index >= 15 is 4.39 Å². The first-order valence-electron chi connectivity index (χ1n) is 22.4. The van der Waals surface area contributed by atoms with Gasteiger partial charge in [0, 0.05) is 75.8 Å². The molecule has 67 heavy (non-hydrogen) atoms. The molecule has 1 unspecified atom stereocenters. The number of H-pyrrole nitrogens is 1. The van der Waals surface area contributed by atoms with E-state index in [1.54, 1.807) is 36.5 Å².